The maximum absolute atomic E-state index is 4.89. The number of aromatic nitrogens is 4. The fraction of sp³-hybridized carbons (Fsp3) is 0.0638. The molecule has 0 saturated carbocycles. The number of pyridine rings is 2. The zero-order valence-electron chi connectivity index (χ0n) is 29.2. The van der Waals surface area contributed by atoms with E-state index in [1.54, 1.807) is 11.8 Å². The van der Waals surface area contributed by atoms with Crippen LogP contribution in [0.3, 0.4) is 0 Å². The first-order chi connectivity index (χ1) is 25.4. The third-order valence-corrected chi connectivity index (χ3v) is 10.5. The van der Waals surface area contributed by atoms with Crippen molar-refractivity contribution in [2.75, 3.05) is 0 Å². The lowest BCUT2D eigenvalue weighted by Gasteiger charge is -2.13. The first-order valence-electron chi connectivity index (χ1n) is 17.5. The van der Waals surface area contributed by atoms with Crippen molar-refractivity contribution < 1.29 is 0 Å². The lowest BCUT2D eigenvalue weighted by atomic mass is 10.00. The van der Waals surface area contributed by atoms with Crippen LogP contribution in [0.15, 0.2) is 174 Å². The third kappa shape index (κ3) is 5.60. The fourth-order valence-corrected chi connectivity index (χ4v) is 8.11. The Balaban J connectivity index is 1.15. The Morgan fingerprint density at radius 3 is 1.54 bits per heavy atom. The summed E-state index contributed by atoms with van der Waals surface area (Å²) < 4.78 is 4.67. The van der Waals surface area contributed by atoms with E-state index < -0.39 is 0 Å². The van der Waals surface area contributed by atoms with Crippen LogP contribution >= 0.6 is 11.8 Å². The molecule has 4 heterocycles. The lowest BCUT2D eigenvalue weighted by Crippen LogP contribution is -1.98. The molecule has 0 bridgehead atoms. The van der Waals surface area contributed by atoms with Crippen molar-refractivity contribution in [2.45, 2.75) is 25.2 Å². The van der Waals surface area contributed by atoms with Gasteiger partial charge in [-0.3, -0.25) is 9.97 Å². The molecule has 5 heteroatoms. The summed E-state index contributed by atoms with van der Waals surface area (Å²) in [7, 11) is 0. The largest absolute Gasteiger partial charge is 0.308 e. The molecule has 5 aromatic carbocycles. The van der Waals surface area contributed by atoms with Gasteiger partial charge in [0.15, 0.2) is 0 Å². The summed E-state index contributed by atoms with van der Waals surface area (Å²) in [4.78, 5) is 12.1. The van der Waals surface area contributed by atoms with E-state index in [4.69, 9.17) is 9.97 Å². The number of hydrogen-bond acceptors (Lipinski definition) is 3. The smallest absolute Gasteiger partial charge is 0.0963 e. The van der Waals surface area contributed by atoms with E-state index in [1.165, 1.54) is 27.1 Å². The average Bonchev–Trinajstić information content (AvgIpc) is 3.67. The standard InChI is InChI=1S/C47H36N4S/c1-30(2)26-32-12-14-33(15-13-32)35-18-22-42-40(27-35)46-44(10-6-24-48-46)50(42)37-8-5-9-38(29-37)51-43-23-19-36(28-41(43)47-45(51)11-7-25-49-47)34-16-20-39(21-17-34)52-31(3)4/h5-25,27-29H,1,3,26H2,2,4H3. The molecule has 9 rings (SSSR count). The molecule has 0 unspecified atom stereocenters. The molecule has 0 atom stereocenters. The number of thioether (sulfide) groups is 1. The number of fused-ring (bicyclic) bond motifs is 6. The van der Waals surface area contributed by atoms with Crippen LogP contribution in [0.25, 0.3) is 77.5 Å². The second kappa shape index (κ2) is 12.9. The molecule has 0 aliphatic heterocycles. The topological polar surface area (TPSA) is 35.6 Å². The highest BCUT2D eigenvalue weighted by Gasteiger charge is 2.18. The minimum Gasteiger partial charge on any atom is -0.308 e. The molecule has 250 valence electrons. The summed E-state index contributed by atoms with van der Waals surface area (Å²) in [6, 6.07) is 48.1. The van der Waals surface area contributed by atoms with E-state index in [9.17, 15) is 0 Å². The molecule has 0 aliphatic carbocycles. The van der Waals surface area contributed by atoms with Crippen LogP contribution in [0.5, 0.6) is 0 Å². The molecule has 0 amide bonds. The van der Waals surface area contributed by atoms with E-state index in [0.29, 0.717) is 0 Å². The lowest BCUT2D eigenvalue weighted by molar-refractivity contribution is 1.13. The van der Waals surface area contributed by atoms with Gasteiger partial charge in [0.25, 0.3) is 0 Å². The minimum absolute atomic E-state index is 0.895. The Morgan fingerprint density at radius 1 is 0.538 bits per heavy atom. The maximum atomic E-state index is 4.89. The van der Waals surface area contributed by atoms with E-state index >= 15 is 0 Å². The highest BCUT2D eigenvalue weighted by Crippen LogP contribution is 2.37. The molecule has 0 radical (unpaired) electrons. The van der Waals surface area contributed by atoms with Crippen molar-refractivity contribution in [3.05, 3.63) is 175 Å². The maximum Gasteiger partial charge on any atom is 0.0963 e. The van der Waals surface area contributed by atoms with Gasteiger partial charge in [0.2, 0.25) is 0 Å². The Kier molecular flexibility index (Phi) is 7.86. The van der Waals surface area contributed by atoms with Crippen LogP contribution in [-0.4, -0.2) is 19.1 Å². The van der Waals surface area contributed by atoms with Crippen LogP contribution in [0.2, 0.25) is 0 Å². The van der Waals surface area contributed by atoms with Gasteiger partial charge >= 0.3 is 0 Å². The Labute approximate surface area is 307 Å². The van der Waals surface area contributed by atoms with E-state index in [1.807, 2.05) is 31.5 Å². The van der Waals surface area contributed by atoms with Crippen molar-refractivity contribution in [1.82, 2.24) is 19.1 Å². The van der Waals surface area contributed by atoms with Crippen molar-refractivity contribution >= 4 is 55.6 Å². The Morgan fingerprint density at radius 2 is 1.04 bits per heavy atom. The molecule has 0 aliphatic rings. The van der Waals surface area contributed by atoms with E-state index in [0.717, 1.165) is 77.7 Å². The Hall–Kier alpha value is -6.17. The third-order valence-electron chi connectivity index (χ3n) is 9.66. The van der Waals surface area contributed by atoms with Gasteiger partial charge in [-0.25, -0.2) is 0 Å². The zero-order chi connectivity index (χ0) is 35.3. The van der Waals surface area contributed by atoms with Gasteiger partial charge < -0.3 is 9.13 Å². The molecule has 0 fully saturated rings. The molecule has 52 heavy (non-hydrogen) atoms. The summed E-state index contributed by atoms with van der Waals surface area (Å²) in [6.45, 7) is 12.2. The molecule has 0 spiro atoms. The monoisotopic (exact) mass is 688 g/mol. The van der Waals surface area contributed by atoms with E-state index in [-0.39, 0.29) is 0 Å². The van der Waals surface area contributed by atoms with Gasteiger partial charge in [-0.15, -0.1) is 0 Å². The van der Waals surface area contributed by atoms with Gasteiger partial charge in [-0.2, -0.15) is 0 Å². The first-order valence-corrected chi connectivity index (χ1v) is 18.3. The summed E-state index contributed by atoms with van der Waals surface area (Å²) >= 11 is 1.69. The average molecular weight is 689 g/mol. The van der Waals surface area contributed by atoms with Crippen LogP contribution < -0.4 is 0 Å². The fourth-order valence-electron chi connectivity index (χ4n) is 7.44. The molecule has 4 aromatic heterocycles. The molecule has 0 saturated heterocycles. The van der Waals surface area contributed by atoms with Gasteiger partial charge in [0, 0.05) is 39.4 Å². The van der Waals surface area contributed by atoms with Crippen LogP contribution in [0.1, 0.15) is 19.4 Å². The van der Waals surface area contributed by atoms with Crippen molar-refractivity contribution in [1.29, 1.82) is 0 Å². The first kappa shape index (κ1) is 31.8. The highest BCUT2D eigenvalue weighted by molar-refractivity contribution is 8.03. The van der Waals surface area contributed by atoms with Crippen LogP contribution in [0, 0.1) is 0 Å². The minimum atomic E-state index is 0.895. The van der Waals surface area contributed by atoms with Gasteiger partial charge in [-0.05, 0) is 132 Å². The predicted molar refractivity (Wildman–Crippen MR) is 221 cm³/mol. The predicted octanol–water partition coefficient (Wildman–Crippen LogP) is 12.7. The van der Waals surface area contributed by atoms with Gasteiger partial charge in [0.1, 0.15) is 0 Å². The van der Waals surface area contributed by atoms with Crippen molar-refractivity contribution in [2.24, 2.45) is 0 Å². The molecule has 0 N–H and O–H groups in total. The summed E-state index contributed by atoms with van der Waals surface area (Å²) in [5.74, 6) is 0. The molecule has 9 aromatic rings. The quantitative estimate of drug-likeness (QED) is 0.118. The molecular formula is C47H36N4S. The summed E-state index contributed by atoms with van der Waals surface area (Å²) in [5.41, 5.74) is 15.6. The van der Waals surface area contributed by atoms with E-state index in [2.05, 4.69) is 151 Å². The zero-order valence-corrected chi connectivity index (χ0v) is 30.0. The van der Waals surface area contributed by atoms with Gasteiger partial charge in [0.05, 0.1) is 33.1 Å². The number of rotatable bonds is 8. The number of benzene rings is 5. The number of hydrogen-bond donors (Lipinski definition) is 0. The van der Waals surface area contributed by atoms with Crippen molar-refractivity contribution in [3.8, 4) is 33.6 Å². The SMILES string of the molecule is C=C(C)Cc1ccc(-c2ccc3c(c2)c2ncccc2n3-c2cccc(-n3c4ccc(-c5ccc(SC(=C)C)cc5)cc4c4ncccc43)c2)cc1. The molecular weight excluding hydrogens is 653 g/mol. The second-order valence-corrected chi connectivity index (χ2v) is 14.9. The number of allylic oxidation sites excluding steroid dienone is 2. The van der Waals surface area contributed by atoms with Gasteiger partial charge in [-0.1, -0.05) is 85.1 Å². The second-order valence-electron chi connectivity index (χ2n) is 13.6. The summed E-state index contributed by atoms with van der Waals surface area (Å²) in [6.07, 6.45) is 4.66. The number of nitrogens with zero attached hydrogens (tertiary/aromatic N) is 4. The van der Waals surface area contributed by atoms with Crippen molar-refractivity contribution in [3.63, 3.8) is 0 Å². The van der Waals surface area contributed by atoms with Crippen LogP contribution in [-0.2, 0) is 6.42 Å². The molecule has 4 nitrogen and oxygen atoms in total. The normalized spacial score (nSPS) is 11.6. The highest BCUT2D eigenvalue weighted by atomic mass is 32.2. The Bertz CT molecular complexity index is 2650. The van der Waals surface area contributed by atoms with Crippen LogP contribution in [0.4, 0.5) is 0 Å². The summed E-state index contributed by atoms with van der Waals surface area (Å²) in [5, 5.41) is 2.25.